The SMILES string of the molecule is CCCNC(c1cccc(C)n1)c1cscc1Br. The van der Waals surface area contributed by atoms with E-state index < -0.39 is 0 Å². The van der Waals surface area contributed by atoms with Crippen molar-refractivity contribution in [1.29, 1.82) is 0 Å². The molecule has 2 heterocycles. The minimum absolute atomic E-state index is 0.172. The molecule has 4 heteroatoms. The number of halogens is 1. The lowest BCUT2D eigenvalue weighted by atomic mass is 10.1. The highest BCUT2D eigenvalue weighted by Gasteiger charge is 2.18. The summed E-state index contributed by atoms with van der Waals surface area (Å²) in [7, 11) is 0. The molecule has 2 rings (SSSR count). The Kier molecular flexibility index (Phi) is 4.92. The number of nitrogens with one attached hydrogen (secondary N) is 1. The van der Waals surface area contributed by atoms with E-state index in [4.69, 9.17) is 0 Å². The molecule has 18 heavy (non-hydrogen) atoms. The Labute approximate surface area is 121 Å². The van der Waals surface area contributed by atoms with Crippen LogP contribution in [-0.4, -0.2) is 11.5 Å². The molecule has 2 nitrogen and oxygen atoms in total. The maximum absolute atomic E-state index is 4.64. The normalized spacial score (nSPS) is 12.6. The van der Waals surface area contributed by atoms with Crippen LogP contribution in [-0.2, 0) is 0 Å². The predicted molar refractivity (Wildman–Crippen MR) is 81.1 cm³/mol. The zero-order chi connectivity index (χ0) is 13.0. The number of rotatable bonds is 5. The van der Waals surface area contributed by atoms with Gasteiger partial charge in [-0.05, 0) is 58.9 Å². The molecule has 0 amide bonds. The average Bonchev–Trinajstić information content (AvgIpc) is 2.77. The van der Waals surface area contributed by atoms with Gasteiger partial charge in [0.25, 0.3) is 0 Å². The van der Waals surface area contributed by atoms with Crippen LogP contribution >= 0.6 is 27.3 Å². The molecule has 0 saturated heterocycles. The van der Waals surface area contributed by atoms with Gasteiger partial charge in [0.05, 0.1) is 11.7 Å². The molecule has 1 unspecified atom stereocenters. The third-order valence-corrected chi connectivity index (χ3v) is 4.51. The van der Waals surface area contributed by atoms with E-state index in [9.17, 15) is 0 Å². The Morgan fingerprint density at radius 2 is 2.22 bits per heavy atom. The molecule has 2 aromatic heterocycles. The van der Waals surface area contributed by atoms with Crippen LogP contribution in [0.2, 0.25) is 0 Å². The first-order valence-corrected chi connectivity index (χ1v) is 7.84. The lowest BCUT2D eigenvalue weighted by Crippen LogP contribution is -2.24. The number of aryl methyl sites for hydroxylation is 1. The van der Waals surface area contributed by atoms with Gasteiger partial charge in [-0.2, -0.15) is 11.3 Å². The van der Waals surface area contributed by atoms with Crippen molar-refractivity contribution < 1.29 is 0 Å². The molecule has 2 aromatic rings. The van der Waals surface area contributed by atoms with Gasteiger partial charge in [-0.3, -0.25) is 4.98 Å². The van der Waals surface area contributed by atoms with Gasteiger partial charge >= 0.3 is 0 Å². The highest BCUT2D eigenvalue weighted by Crippen LogP contribution is 2.30. The number of hydrogen-bond donors (Lipinski definition) is 1. The van der Waals surface area contributed by atoms with E-state index in [1.165, 1.54) is 5.56 Å². The van der Waals surface area contributed by atoms with E-state index >= 15 is 0 Å². The fourth-order valence-corrected chi connectivity index (χ4v) is 3.44. The lowest BCUT2D eigenvalue weighted by molar-refractivity contribution is 0.585. The summed E-state index contributed by atoms with van der Waals surface area (Å²) in [5.41, 5.74) is 3.41. The van der Waals surface area contributed by atoms with Gasteiger partial charge in [-0.1, -0.05) is 13.0 Å². The van der Waals surface area contributed by atoms with E-state index in [1.54, 1.807) is 11.3 Å². The van der Waals surface area contributed by atoms with Crippen LogP contribution in [0.3, 0.4) is 0 Å². The Morgan fingerprint density at radius 3 is 2.83 bits per heavy atom. The van der Waals surface area contributed by atoms with Crippen molar-refractivity contribution in [3.8, 4) is 0 Å². The molecule has 0 aromatic carbocycles. The molecule has 1 atom stereocenters. The first-order valence-electron chi connectivity index (χ1n) is 6.11. The third-order valence-electron chi connectivity index (χ3n) is 2.76. The van der Waals surface area contributed by atoms with E-state index in [1.807, 2.05) is 13.0 Å². The number of hydrogen-bond acceptors (Lipinski definition) is 3. The topological polar surface area (TPSA) is 24.9 Å². The van der Waals surface area contributed by atoms with Crippen molar-refractivity contribution in [2.75, 3.05) is 6.54 Å². The van der Waals surface area contributed by atoms with Crippen LogP contribution in [0.5, 0.6) is 0 Å². The van der Waals surface area contributed by atoms with Crippen molar-refractivity contribution in [1.82, 2.24) is 10.3 Å². The Balaban J connectivity index is 2.33. The van der Waals surface area contributed by atoms with Crippen molar-refractivity contribution >= 4 is 27.3 Å². The number of pyridine rings is 1. The van der Waals surface area contributed by atoms with E-state index in [2.05, 4.69) is 56.0 Å². The summed E-state index contributed by atoms with van der Waals surface area (Å²) in [6.45, 7) is 5.20. The molecule has 0 fully saturated rings. The van der Waals surface area contributed by atoms with Crippen molar-refractivity contribution in [2.24, 2.45) is 0 Å². The van der Waals surface area contributed by atoms with Crippen LogP contribution in [0.25, 0.3) is 0 Å². The Bertz CT molecular complexity index is 510. The van der Waals surface area contributed by atoms with Gasteiger partial charge in [0.1, 0.15) is 0 Å². The molecular formula is C14H17BrN2S. The molecule has 0 saturated carbocycles. The molecule has 0 spiro atoms. The lowest BCUT2D eigenvalue weighted by Gasteiger charge is -2.18. The fraction of sp³-hybridized carbons (Fsp3) is 0.357. The van der Waals surface area contributed by atoms with Gasteiger partial charge in [0.15, 0.2) is 0 Å². The molecule has 0 aliphatic rings. The second kappa shape index (κ2) is 6.45. The predicted octanol–water partition coefficient (Wildman–Crippen LogP) is 4.30. The van der Waals surface area contributed by atoms with Gasteiger partial charge < -0.3 is 5.32 Å². The number of thiophene rings is 1. The molecule has 96 valence electrons. The molecule has 0 bridgehead atoms. The van der Waals surface area contributed by atoms with Gasteiger partial charge in [0.2, 0.25) is 0 Å². The molecule has 0 radical (unpaired) electrons. The second-order valence-electron chi connectivity index (χ2n) is 4.27. The van der Waals surface area contributed by atoms with E-state index in [-0.39, 0.29) is 6.04 Å². The van der Waals surface area contributed by atoms with Crippen LogP contribution in [0.4, 0.5) is 0 Å². The summed E-state index contributed by atoms with van der Waals surface area (Å²) in [5, 5.41) is 7.87. The summed E-state index contributed by atoms with van der Waals surface area (Å²) >= 11 is 5.33. The summed E-state index contributed by atoms with van der Waals surface area (Å²) in [5.74, 6) is 0. The largest absolute Gasteiger partial charge is 0.305 e. The van der Waals surface area contributed by atoms with Gasteiger partial charge in [-0.15, -0.1) is 0 Å². The van der Waals surface area contributed by atoms with Gasteiger partial charge in [-0.25, -0.2) is 0 Å². The number of aromatic nitrogens is 1. The summed E-state index contributed by atoms with van der Waals surface area (Å²) in [4.78, 5) is 4.64. The van der Waals surface area contributed by atoms with Crippen LogP contribution in [0.1, 0.15) is 36.3 Å². The maximum Gasteiger partial charge on any atom is 0.0770 e. The van der Waals surface area contributed by atoms with E-state index in [0.29, 0.717) is 0 Å². The Morgan fingerprint density at radius 1 is 1.39 bits per heavy atom. The van der Waals surface area contributed by atoms with E-state index in [0.717, 1.165) is 28.8 Å². The molecule has 0 aliphatic carbocycles. The maximum atomic E-state index is 4.64. The standard InChI is InChI=1S/C14H17BrN2S/c1-3-7-16-14(11-8-18-9-12(11)15)13-6-4-5-10(2)17-13/h4-6,8-9,14,16H,3,7H2,1-2H3. The minimum atomic E-state index is 0.172. The van der Waals surface area contributed by atoms with Crippen LogP contribution in [0, 0.1) is 6.92 Å². The quantitative estimate of drug-likeness (QED) is 0.886. The average molecular weight is 325 g/mol. The summed E-state index contributed by atoms with van der Waals surface area (Å²) in [6.07, 6.45) is 1.12. The minimum Gasteiger partial charge on any atom is -0.305 e. The van der Waals surface area contributed by atoms with Crippen molar-refractivity contribution in [3.63, 3.8) is 0 Å². The Hall–Kier alpha value is -0.710. The van der Waals surface area contributed by atoms with Crippen molar-refractivity contribution in [3.05, 3.63) is 50.4 Å². The van der Waals surface area contributed by atoms with Crippen LogP contribution in [0.15, 0.2) is 33.4 Å². The first kappa shape index (κ1) is 13.7. The van der Waals surface area contributed by atoms with Crippen molar-refractivity contribution in [2.45, 2.75) is 26.3 Å². The van der Waals surface area contributed by atoms with Gasteiger partial charge in [0, 0.05) is 15.5 Å². The summed E-state index contributed by atoms with van der Waals surface area (Å²) < 4.78 is 1.16. The highest BCUT2D eigenvalue weighted by molar-refractivity contribution is 9.10. The monoisotopic (exact) mass is 324 g/mol. The molecular weight excluding hydrogens is 308 g/mol. The van der Waals surface area contributed by atoms with Crippen LogP contribution < -0.4 is 5.32 Å². The highest BCUT2D eigenvalue weighted by atomic mass is 79.9. The molecule has 0 aliphatic heterocycles. The zero-order valence-corrected chi connectivity index (χ0v) is 13.0. The second-order valence-corrected chi connectivity index (χ2v) is 5.86. The molecule has 1 N–H and O–H groups in total. The smallest absolute Gasteiger partial charge is 0.0770 e. The number of nitrogens with zero attached hydrogens (tertiary/aromatic N) is 1. The summed E-state index contributed by atoms with van der Waals surface area (Å²) in [6, 6.07) is 6.36. The fourth-order valence-electron chi connectivity index (χ4n) is 1.88. The third kappa shape index (κ3) is 3.19. The zero-order valence-electron chi connectivity index (χ0n) is 10.6. The first-order chi connectivity index (χ1) is 8.72.